The summed E-state index contributed by atoms with van der Waals surface area (Å²) in [6.07, 6.45) is 15.4. The van der Waals surface area contributed by atoms with Crippen LogP contribution in [0.4, 0.5) is 11.5 Å². The molecule has 1 aliphatic heterocycles. The maximum atomic E-state index is 5.36. The molecule has 0 N–H and O–H groups in total. The van der Waals surface area contributed by atoms with Gasteiger partial charge in [0.1, 0.15) is 5.82 Å². The van der Waals surface area contributed by atoms with Gasteiger partial charge in [-0.1, -0.05) is 111 Å². The summed E-state index contributed by atoms with van der Waals surface area (Å²) >= 11 is 0. The van der Waals surface area contributed by atoms with E-state index in [9.17, 15) is 0 Å². The van der Waals surface area contributed by atoms with Crippen LogP contribution in [0.25, 0.3) is 33.4 Å². The van der Waals surface area contributed by atoms with Crippen molar-refractivity contribution in [2.24, 2.45) is 0 Å². The summed E-state index contributed by atoms with van der Waals surface area (Å²) in [5.41, 5.74) is 12.4. The van der Waals surface area contributed by atoms with Gasteiger partial charge in [-0.25, -0.2) is 4.98 Å². The average Bonchev–Trinajstić information content (AvgIpc) is 3.15. The molecule has 0 amide bonds. The van der Waals surface area contributed by atoms with Gasteiger partial charge in [0, 0.05) is 5.56 Å². The molecule has 2 heteroatoms. The number of aromatic nitrogens is 1. The minimum absolute atomic E-state index is 0.964. The van der Waals surface area contributed by atoms with Gasteiger partial charge in [-0.05, 0) is 83.4 Å². The van der Waals surface area contributed by atoms with Crippen molar-refractivity contribution in [1.29, 1.82) is 0 Å². The zero-order chi connectivity index (χ0) is 26.6. The van der Waals surface area contributed by atoms with Crippen LogP contribution in [0.3, 0.4) is 0 Å². The largest absolute Gasteiger partial charge is 0.294 e. The Kier molecular flexibility index (Phi) is 7.10. The third-order valence-corrected chi connectivity index (χ3v) is 7.57. The number of hydrogen-bond donors (Lipinski definition) is 0. The molecule has 39 heavy (non-hydrogen) atoms. The molecule has 2 nitrogen and oxygen atoms in total. The normalized spacial score (nSPS) is 15.3. The number of rotatable bonds is 3. The van der Waals surface area contributed by atoms with Crippen LogP contribution in [0.1, 0.15) is 50.8 Å². The lowest BCUT2D eigenvalue weighted by molar-refractivity contribution is 1.01. The van der Waals surface area contributed by atoms with Crippen molar-refractivity contribution >= 4 is 22.7 Å². The zero-order valence-corrected chi connectivity index (χ0v) is 22.8. The number of nitrogens with zero attached hydrogens (tertiary/aromatic N) is 2. The molecular weight excluding hydrogens is 472 g/mol. The monoisotopic (exact) mass is 506 g/mol. The molecule has 3 aromatic carbocycles. The molecule has 0 unspecified atom stereocenters. The van der Waals surface area contributed by atoms with Crippen molar-refractivity contribution in [1.82, 2.24) is 4.98 Å². The van der Waals surface area contributed by atoms with Crippen LogP contribution in [-0.4, -0.2) is 4.98 Å². The molecule has 0 fully saturated rings. The lowest BCUT2D eigenvalue weighted by Gasteiger charge is -2.29. The molecule has 2 aliphatic carbocycles. The van der Waals surface area contributed by atoms with Crippen molar-refractivity contribution in [3.05, 3.63) is 138 Å². The molecule has 4 aromatic rings. The fourth-order valence-electron chi connectivity index (χ4n) is 5.80. The second-order valence-electron chi connectivity index (χ2n) is 9.83. The van der Waals surface area contributed by atoms with E-state index in [4.69, 9.17) is 4.98 Å². The van der Waals surface area contributed by atoms with E-state index >= 15 is 0 Å². The van der Waals surface area contributed by atoms with E-state index in [2.05, 4.69) is 126 Å². The Morgan fingerprint density at radius 3 is 2.18 bits per heavy atom. The number of hydrogen-bond acceptors (Lipinski definition) is 2. The van der Waals surface area contributed by atoms with Crippen LogP contribution in [0, 0.1) is 0 Å². The zero-order valence-electron chi connectivity index (χ0n) is 22.8. The Morgan fingerprint density at radius 1 is 0.667 bits per heavy atom. The quantitative estimate of drug-likeness (QED) is 0.275. The molecule has 0 spiro atoms. The lowest BCUT2D eigenvalue weighted by Crippen LogP contribution is -2.19. The first kappa shape index (κ1) is 24.9. The van der Waals surface area contributed by atoms with Crippen LogP contribution in [0.15, 0.2) is 127 Å². The number of para-hydroxylation sites is 1. The van der Waals surface area contributed by atoms with Gasteiger partial charge >= 0.3 is 0 Å². The van der Waals surface area contributed by atoms with E-state index in [0.717, 1.165) is 37.2 Å². The SMILES string of the molecule is C1=CCCC(c2cc(-c3ccccc3)cc(N3C4=C(CCC=C4)c4ccccc4-c4ccccc43)n2)=C1.CC. The highest BCUT2D eigenvalue weighted by Crippen LogP contribution is 2.48. The van der Waals surface area contributed by atoms with Crippen molar-refractivity contribution in [2.75, 3.05) is 4.90 Å². The van der Waals surface area contributed by atoms with Crippen molar-refractivity contribution in [3.63, 3.8) is 0 Å². The van der Waals surface area contributed by atoms with Crippen LogP contribution in [0.2, 0.25) is 0 Å². The minimum atomic E-state index is 0.964. The first-order valence-corrected chi connectivity index (χ1v) is 14.2. The lowest BCUT2D eigenvalue weighted by atomic mass is 9.90. The fourth-order valence-corrected chi connectivity index (χ4v) is 5.80. The summed E-state index contributed by atoms with van der Waals surface area (Å²) in [7, 11) is 0. The van der Waals surface area contributed by atoms with Gasteiger partial charge in [0.15, 0.2) is 0 Å². The Bertz CT molecular complexity index is 1620. The average molecular weight is 507 g/mol. The molecule has 3 aliphatic rings. The molecule has 0 saturated carbocycles. The Labute approximate surface area is 232 Å². The van der Waals surface area contributed by atoms with E-state index in [1.54, 1.807) is 0 Å². The van der Waals surface area contributed by atoms with E-state index in [0.29, 0.717) is 0 Å². The summed E-state index contributed by atoms with van der Waals surface area (Å²) in [6.45, 7) is 4.00. The number of benzene rings is 3. The molecule has 1 aromatic heterocycles. The highest BCUT2D eigenvalue weighted by atomic mass is 15.2. The van der Waals surface area contributed by atoms with Crippen molar-refractivity contribution in [2.45, 2.75) is 39.5 Å². The summed E-state index contributed by atoms with van der Waals surface area (Å²) in [5.74, 6) is 0.964. The summed E-state index contributed by atoms with van der Waals surface area (Å²) in [4.78, 5) is 7.75. The molecular formula is C37H34N2. The van der Waals surface area contributed by atoms with Gasteiger partial charge < -0.3 is 0 Å². The van der Waals surface area contributed by atoms with Crippen LogP contribution in [-0.2, 0) is 0 Å². The highest BCUT2D eigenvalue weighted by Gasteiger charge is 2.29. The van der Waals surface area contributed by atoms with E-state index in [1.807, 2.05) is 13.8 Å². The predicted octanol–water partition coefficient (Wildman–Crippen LogP) is 10.4. The Balaban J connectivity index is 0.00000135. The van der Waals surface area contributed by atoms with E-state index in [-0.39, 0.29) is 0 Å². The third kappa shape index (κ3) is 4.68. The van der Waals surface area contributed by atoms with Crippen LogP contribution < -0.4 is 4.90 Å². The van der Waals surface area contributed by atoms with Gasteiger partial charge in [0.2, 0.25) is 0 Å². The highest BCUT2D eigenvalue weighted by molar-refractivity contribution is 5.97. The summed E-state index contributed by atoms with van der Waals surface area (Å²) in [5, 5.41) is 0. The van der Waals surface area contributed by atoms with Gasteiger partial charge in [-0.2, -0.15) is 0 Å². The maximum absolute atomic E-state index is 5.36. The topological polar surface area (TPSA) is 16.1 Å². The summed E-state index contributed by atoms with van der Waals surface area (Å²) in [6, 6.07) is 32.8. The second-order valence-corrected chi connectivity index (χ2v) is 9.83. The predicted molar refractivity (Wildman–Crippen MR) is 167 cm³/mol. The molecule has 0 radical (unpaired) electrons. The second kappa shape index (κ2) is 11.1. The number of allylic oxidation sites excluding steroid dienone is 7. The van der Waals surface area contributed by atoms with Gasteiger partial charge in [-0.3, -0.25) is 4.90 Å². The smallest absolute Gasteiger partial charge is 0.138 e. The van der Waals surface area contributed by atoms with Crippen molar-refractivity contribution < 1.29 is 0 Å². The number of anilines is 2. The number of fused-ring (bicyclic) bond motifs is 4. The first-order chi connectivity index (χ1) is 19.4. The van der Waals surface area contributed by atoms with Crippen LogP contribution in [0.5, 0.6) is 0 Å². The molecule has 0 bridgehead atoms. The minimum Gasteiger partial charge on any atom is -0.294 e. The van der Waals surface area contributed by atoms with Gasteiger partial charge in [-0.15, -0.1) is 0 Å². The molecule has 0 atom stereocenters. The third-order valence-electron chi connectivity index (χ3n) is 7.57. The maximum Gasteiger partial charge on any atom is 0.138 e. The number of pyridine rings is 1. The fraction of sp³-hybridized carbons (Fsp3) is 0.162. The first-order valence-electron chi connectivity index (χ1n) is 14.2. The molecule has 0 saturated heterocycles. The van der Waals surface area contributed by atoms with Crippen molar-refractivity contribution in [3.8, 4) is 22.3 Å². The Morgan fingerprint density at radius 2 is 1.38 bits per heavy atom. The summed E-state index contributed by atoms with van der Waals surface area (Å²) < 4.78 is 0. The standard InChI is InChI=1S/C35H28N2.C2H6/c1-3-13-25(14-4-1)27-23-32(26-15-5-2-6-16-26)36-35(24-27)37-33-21-11-9-19-30(33)28-17-7-8-18-29(28)31-20-10-12-22-34(31)37;1-2/h1-5,7-9,11-15,17-19,21-24H,6,10,16,20H2;1-2H3. The molecule has 192 valence electrons. The van der Waals surface area contributed by atoms with E-state index in [1.165, 1.54) is 50.3 Å². The Hall–Kier alpha value is -4.43. The molecule has 7 rings (SSSR count). The van der Waals surface area contributed by atoms with Gasteiger partial charge in [0.25, 0.3) is 0 Å². The molecule has 2 heterocycles. The van der Waals surface area contributed by atoms with Gasteiger partial charge in [0.05, 0.1) is 17.1 Å². The van der Waals surface area contributed by atoms with Crippen LogP contribution >= 0.6 is 0 Å². The van der Waals surface area contributed by atoms with E-state index < -0.39 is 0 Å².